The molecular formula is C10H14N6O. The van der Waals surface area contributed by atoms with Crippen LogP contribution < -0.4 is 4.90 Å². The van der Waals surface area contributed by atoms with Crippen LogP contribution in [0, 0.1) is 5.92 Å². The predicted molar refractivity (Wildman–Crippen MR) is 60.6 cm³/mol. The standard InChI is InChI=1S/C10H14N6O/c17-7-8-1-3-15(4-2-8)10-6-11-5-9-12-13-14-16(9)10/h5-6,8,17H,1-4,7H2. The number of aliphatic hydroxyl groups excluding tert-OH is 1. The fourth-order valence-corrected chi connectivity index (χ4v) is 2.22. The fourth-order valence-electron chi connectivity index (χ4n) is 2.22. The van der Waals surface area contributed by atoms with Crippen molar-refractivity contribution >= 4 is 11.5 Å². The van der Waals surface area contributed by atoms with E-state index in [0.29, 0.717) is 11.6 Å². The molecular weight excluding hydrogens is 220 g/mol. The summed E-state index contributed by atoms with van der Waals surface area (Å²) in [6.45, 7) is 2.10. The van der Waals surface area contributed by atoms with Gasteiger partial charge in [-0.1, -0.05) is 0 Å². The molecule has 0 aliphatic carbocycles. The highest BCUT2D eigenvalue weighted by atomic mass is 16.3. The summed E-state index contributed by atoms with van der Waals surface area (Å²) in [6, 6.07) is 0. The molecule has 7 nitrogen and oxygen atoms in total. The Morgan fingerprint density at radius 3 is 2.88 bits per heavy atom. The van der Waals surface area contributed by atoms with Crippen molar-refractivity contribution in [3.8, 4) is 0 Å². The summed E-state index contributed by atoms with van der Waals surface area (Å²) < 4.78 is 1.70. The normalized spacial score (nSPS) is 17.8. The minimum atomic E-state index is 0.279. The van der Waals surface area contributed by atoms with Crippen LogP contribution in [0.25, 0.3) is 5.65 Å². The van der Waals surface area contributed by atoms with Crippen molar-refractivity contribution in [3.05, 3.63) is 12.4 Å². The summed E-state index contributed by atoms with van der Waals surface area (Å²) in [7, 11) is 0. The van der Waals surface area contributed by atoms with E-state index in [1.165, 1.54) is 0 Å². The Morgan fingerprint density at radius 2 is 2.12 bits per heavy atom. The van der Waals surface area contributed by atoms with Gasteiger partial charge in [-0.15, -0.1) is 5.10 Å². The number of hydrogen-bond acceptors (Lipinski definition) is 6. The molecule has 0 radical (unpaired) electrons. The van der Waals surface area contributed by atoms with Gasteiger partial charge < -0.3 is 10.0 Å². The summed E-state index contributed by atoms with van der Waals surface area (Å²) in [5.74, 6) is 1.34. The summed E-state index contributed by atoms with van der Waals surface area (Å²) in [4.78, 5) is 6.36. The van der Waals surface area contributed by atoms with Gasteiger partial charge in [0.15, 0.2) is 11.5 Å². The van der Waals surface area contributed by atoms with E-state index in [0.717, 1.165) is 31.7 Å². The number of piperidine rings is 1. The molecule has 0 amide bonds. The van der Waals surface area contributed by atoms with Crippen molar-refractivity contribution < 1.29 is 5.11 Å². The number of hydrogen-bond donors (Lipinski definition) is 1. The van der Waals surface area contributed by atoms with Crippen LogP contribution in [0.5, 0.6) is 0 Å². The molecule has 0 spiro atoms. The van der Waals surface area contributed by atoms with E-state index in [1.807, 2.05) is 0 Å². The predicted octanol–water partition coefficient (Wildman–Crippen LogP) is -0.272. The third-order valence-electron chi connectivity index (χ3n) is 3.29. The number of nitrogens with zero attached hydrogens (tertiary/aromatic N) is 6. The molecule has 17 heavy (non-hydrogen) atoms. The Balaban J connectivity index is 1.87. The smallest absolute Gasteiger partial charge is 0.199 e. The van der Waals surface area contributed by atoms with Gasteiger partial charge in [0.25, 0.3) is 0 Å². The minimum Gasteiger partial charge on any atom is -0.396 e. The van der Waals surface area contributed by atoms with E-state index >= 15 is 0 Å². The lowest BCUT2D eigenvalue weighted by atomic mass is 9.98. The summed E-state index contributed by atoms with van der Waals surface area (Å²) >= 11 is 0. The first-order valence-corrected chi connectivity index (χ1v) is 5.76. The Bertz CT molecular complexity index is 504. The third kappa shape index (κ3) is 1.82. The van der Waals surface area contributed by atoms with Crippen LogP contribution in [0.4, 0.5) is 5.82 Å². The maximum absolute atomic E-state index is 9.12. The lowest BCUT2D eigenvalue weighted by Crippen LogP contribution is -2.36. The minimum absolute atomic E-state index is 0.279. The Hall–Kier alpha value is -1.76. The fraction of sp³-hybridized carbons (Fsp3) is 0.600. The zero-order chi connectivity index (χ0) is 11.7. The zero-order valence-electron chi connectivity index (χ0n) is 9.40. The number of rotatable bonds is 2. The second kappa shape index (κ2) is 4.25. The Morgan fingerprint density at radius 1 is 1.29 bits per heavy atom. The average molecular weight is 234 g/mol. The van der Waals surface area contributed by atoms with Crippen LogP contribution in [0.2, 0.25) is 0 Å². The van der Waals surface area contributed by atoms with E-state index in [-0.39, 0.29) is 6.61 Å². The monoisotopic (exact) mass is 234 g/mol. The largest absolute Gasteiger partial charge is 0.396 e. The quantitative estimate of drug-likeness (QED) is 0.770. The number of aliphatic hydroxyl groups is 1. The first-order valence-electron chi connectivity index (χ1n) is 5.76. The molecule has 7 heteroatoms. The second-order valence-electron chi connectivity index (χ2n) is 4.33. The molecule has 0 aromatic carbocycles. The highest BCUT2D eigenvalue weighted by molar-refractivity contribution is 5.46. The molecule has 0 atom stereocenters. The van der Waals surface area contributed by atoms with Gasteiger partial charge in [0.1, 0.15) is 0 Å². The van der Waals surface area contributed by atoms with Crippen LogP contribution in [0.1, 0.15) is 12.8 Å². The van der Waals surface area contributed by atoms with Gasteiger partial charge in [0.05, 0.1) is 12.4 Å². The van der Waals surface area contributed by atoms with Crippen LogP contribution in [-0.2, 0) is 0 Å². The van der Waals surface area contributed by atoms with Crippen molar-refractivity contribution in [1.29, 1.82) is 0 Å². The topological polar surface area (TPSA) is 79.4 Å². The van der Waals surface area contributed by atoms with Gasteiger partial charge in [-0.05, 0) is 29.2 Å². The molecule has 1 fully saturated rings. The lowest BCUT2D eigenvalue weighted by molar-refractivity contribution is 0.202. The van der Waals surface area contributed by atoms with Crippen LogP contribution >= 0.6 is 0 Å². The van der Waals surface area contributed by atoms with Gasteiger partial charge in [-0.3, -0.25) is 4.98 Å². The van der Waals surface area contributed by atoms with Gasteiger partial charge in [0, 0.05) is 19.7 Å². The molecule has 3 rings (SSSR count). The molecule has 3 heterocycles. The third-order valence-corrected chi connectivity index (χ3v) is 3.29. The van der Waals surface area contributed by atoms with Crippen molar-refractivity contribution in [3.63, 3.8) is 0 Å². The SMILES string of the molecule is OCC1CCN(c2cncc3nnnn23)CC1. The molecule has 0 bridgehead atoms. The molecule has 1 N–H and O–H groups in total. The van der Waals surface area contributed by atoms with E-state index in [1.54, 1.807) is 16.9 Å². The molecule has 2 aromatic heterocycles. The molecule has 1 saturated heterocycles. The van der Waals surface area contributed by atoms with Gasteiger partial charge >= 0.3 is 0 Å². The van der Waals surface area contributed by atoms with Crippen LogP contribution in [-0.4, -0.2) is 49.8 Å². The first kappa shape index (κ1) is 10.4. The first-order chi connectivity index (χ1) is 8.38. The van der Waals surface area contributed by atoms with Gasteiger partial charge in [0.2, 0.25) is 0 Å². The van der Waals surface area contributed by atoms with E-state index < -0.39 is 0 Å². The maximum Gasteiger partial charge on any atom is 0.199 e. The van der Waals surface area contributed by atoms with Crippen molar-refractivity contribution in [2.75, 3.05) is 24.6 Å². The zero-order valence-corrected chi connectivity index (χ0v) is 9.40. The van der Waals surface area contributed by atoms with Gasteiger partial charge in [-0.2, -0.15) is 4.52 Å². The van der Waals surface area contributed by atoms with E-state index in [9.17, 15) is 0 Å². The molecule has 0 unspecified atom stereocenters. The molecule has 90 valence electrons. The number of aromatic nitrogens is 5. The number of fused-ring (bicyclic) bond motifs is 1. The van der Waals surface area contributed by atoms with Crippen LogP contribution in [0.15, 0.2) is 12.4 Å². The Labute approximate surface area is 98.1 Å². The second-order valence-corrected chi connectivity index (χ2v) is 4.33. The van der Waals surface area contributed by atoms with Crippen molar-refractivity contribution in [1.82, 2.24) is 25.0 Å². The highest BCUT2D eigenvalue weighted by Gasteiger charge is 2.20. The van der Waals surface area contributed by atoms with Crippen LogP contribution in [0.3, 0.4) is 0 Å². The average Bonchev–Trinajstić information content (AvgIpc) is 2.87. The lowest BCUT2D eigenvalue weighted by Gasteiger charge is -2.32. The summed E-state index contributed by atoms with van der Waals surface area (Å²) in [5, 5.41) is 20.6. The van der Waals surface area contributed by atoms with Crippen molar-refractivity contribution in [2.45, 2.75) is 12.8 Å². The molecule has 0 saturated carbocycles. The Kier molecular flexibility index (Phi) is 2.60. The van der Waals surface area contributed by atoms with E-state index in [4.69, 9.17) is 5.11 Å². The van der Waals surface area contributed by atoms with Crippen molar-refractivity contribution in [2.24, 2.45) is 5.92 Å². The van der Waals surface area contributed by atoms with Gasteiger partial charge in [-0.25, -0.2) is 0 Å². The maximum atomic E-state index is 9.12. The molecule has 1 aliphatic rings. The molecule has 2 aromatic rings. The highest BCUT2D eigenvalue weighted by Crippen LogP contribution is 2.22. The summed E-state index contributed by atoms with van der Waals surface area (Å²) in [6.07, 6.45) is 5.41. The molecule has 1 aliphatic heterocycles. The number of tetrazole rings is 1. The summed E-state index contributed by atoms with van der Waals surface area (Å²) in [5.41, 5.74) is 0.659. The van der Waals surface area contributed by atoms with E-state index in [2.05, 4.69) is 25.4 Å². The number of anilines is 1.